The number of amides is 2. The molecule has 7 nitrogen and oxygen atoms in total. The van der Waals surface area contributed by atoms with Crippen LogP contribution in [0.2, 0.25) is 0 Å². The van der Waals surface area contributed by atoms with Gasteiger partial charge in [-0.3, -0.25) is 9.59 Å². The van der Waals surface area contributed by atoms with E-state index in [9.17, 15) is 35.9 Å². The van der Waals surface area contributed by atoms with Gasteiger partial charge in [0.15, 0.2) is 5.69 Å². The van der Waals surface area contributed by atoms with Crippen molar-refractivity contribution in [3.05, 3.63) is 40.7 Å². The number of carbonyl (C=O) groups is 2. The molecule has 0 radical (unpaired) electrons. The van der Waals surface area contributed by atoms with Gasteiger partial charge in [0.2, 0.25) is 5.91 Å². The first-order valence-electron chi connectivity index (χ1n) is 11.5. The first kappa shape index (κ1) is 28.5. The van der Waals surface area contributed by atoms with Crippen LogP contribution in [0.25, 0.3) is 11.4 Å². The first-order chi connectivity index (χ1) is 16.9. The van der Waals surface area contributed by atoms with Gasteiger partial charge in [0.1, 0.15) is 11.9 Å². The van der Waals surface area contributed by atoms with E-state index in [0.717, 1.165) is 6.07 Å². The highest BCUT2D eigenvalue weighted by Gasteiger charge is 2.40. The van der Waals surface area contributed by atoms with Crippen molar-refractivity contribution in [3.63, 3.8) is 0 Å². The van der Waals surface area contributed by atoms with Crippen LogP contribution in [0.5, 0.6) is 0 Å². The molecule has 2 aromatic rings. The Morgan fingerprint density at radius 3 is 2.22 bits per heavy atom. The molecule has 204 valence electrons. The van der Waals surface area contributed by atoms with E-state index in [2.05, 4.69) is 15.6 Å². The maximum absolute atomic E-state index is 13.9. The van der Waals surface area contributed by atoms with Gasteiger partial charge in [-0.05, 0) is 37.6 Å². The Morgan fingerprint density at radius 2 is 1.68 bits per heavy atom. The minimum atomic E-state index is -5.11. The van der Waals surface area contributed by atoms with Crippen molar-refractivity contribution in [2.24, 2.45) is 5.41 Å². The fourth-order valence-electron chi connectivity index (χ4n) is 4.28. The fourth-order valence-corrected chi connectivity index (χ4v) is 4.28. The molecular weight excluding hydrogens is 504 g/mol. The number of halogens is 6. The monoisotopic (exact) mass is 533 g/mol. The van der Waals surface area contributed by atoms with Crippen molar-refractivity contribution in [3.8, 4) is 11.4 Å². The number of nitrogens with zero attached hydrogens (tertiary/aromatic N) is 3. The fraction of sp³-hybridized carbons (Fsp3) is 0.542. The van der Waals surface area contributed by atoms with E-state index in [1.54, 1.807) is 27.8 Å². The molecule has 1 aromatic carbocycles. The van der Waals surface area contributed by atoms with E-state index in [4.69, 9.17) is 0 Å². The molecule has 3 rings (SSSR count). The summed E-state index contributed by atoms with van der Waals surface area (Å²) in [5, 5.41) is 5.11. The number of alkyl halides is 6. The van der Waals surface area contributed by atoms with E-state index in [-0.39, 0.29) is 30.7 Å². The minimum absolute atomic E-state index is 0.0563. The quantitative estimate of drug-likeness (QED) is 0.575. The molecule has 1 unspecified atom stereocenters. The molecule has 37 heavy (non-hydrogen) atoms. The number of imidazole rings is 1. The summed E-state index contributed by atoms with van der Waals surface area (Å²) < 4.78 is 82.9. The molecule has 0 spiro atoms. The lowest BCUT2D eigenvalue weighted by Crippen LogP contribution is -2.53. The second-order valence-corrected chi connectivity index (χ2v) is 10.1. The normalized spacial score (nSPS) is 16.1. The van der Waals surface area contributed by atoms with Gasteiger partial charge in [-0.1, -0.05) is 26.8 Å². The van der Waals surface area contributed by atoms with Crippen molar-refractivity contribution in [2.75, 3.05) is 20.6 Å². The van der Waals surface area contributed by atoms with Crippen LogP contribution in [0.4, 0.5) is 26.3 Å². The number of benzene rings is 1. The van der Waals surface area contributed by atoms with Crippen LogP contribution in [0.3, 0.4) is 0 Å². The molecule has 1 atom stereocenters. The van der Waals surface area contributed by atoms with Crippen molar-refractivity contribution >= 4 is 11.8 Å². The highest BCUT2D eigenvalue weighted by atomic mass is 19.4. The zero-order valence-corrected chi connectivity index (χ0v) is 21.1. The van der Waals surface area contributed by atoms with Gasteiger partial charge in [-0.25, -0.2) is 4.98 Å². The molecule has 0 bridgehead atoms. The summed E-state index contributed by atoms with van der Waals surface area (Å²) in [4.78, 5) is 31.9. The molecule has 0 saturated carbocycles. The van der Waals surface area contributed by atoms with Crippen LogP contribution in [-0.4, -0.2) is 52.9 Å². The summed E-state index contributed by atoms with van der Waals surface area (Å²) in [7, 11) is 3.18. The number of carbonyl (C=O) groups excluding carboxylic acids is 2. The number of aromatic nitrogens is 2. The Morgan fingerprint density at radius 1 is 1.03 bits per heavy atom. The molecular formula is C24H29F6N5O2. The Kier molecular flexibility index (Phi) is 7.69. The molecule has 13 heteroatoms. The van der Waals surface area contributed by atoms with Gasteiger partial charge in [0.25, 0.3) is 5.91 Å². The van der Waals surface area contributed by atoms with Crippen LogP contribution in [0, 0.1) is 5.41 Å². The Balaban J connectivity index is 2.21. The molecule has 0 saturated heterocycles. The highest BCUT2D eigenvalue weighted by molar-refractivity contribution is 5.98. The Hall–Kier alpha value is -3.09. The SMILES string of the molecule is CNC(=O)C(NC(=O)c1nc(-c2ccc(C(F)(F)F)cc2C(F)(F)F)n2c1CN(C)CCC2)C(C)(C)C. The van der Waals surface area contributed by atoms with E-state index in [0.29, 0.717) is 24.7 Å². The zero-order valence-electron chi connectivity index (χ0n) is 21.1. The van der Waals surface area contributed by atoms with Crippen LogP contribution in [0.15, 0.2) is 18.2 Å². The number of nitrogens with one attached hydrogen (secondary N) is 2. The second kappa shape index (κ2) is 9.99. The van der Waals surface area contributed by atoms with E-state index in [1.165, 1.54) is 11.6 Å². The lowest BCUT2D eigenvalue weighted by atomic mass is 9.86. The molecule has 2 heterocycles. The maximum atomic E-state index is 13.9. The molecule has 2 N–H and O–H groups in total. The summed E-state index contributed by atoms with van der Waals surface area (Å²) in [6, 6.07) is 0.377. The Bertz CT molecular complexity index is 1180. The van der Waals surface area contributed by atoms with Crippen molar-refractivity contribution in [1.29, 1.82) is 0 Å². The van der Waals surface area contributed by atoms with Gasteiger partial charge >= 0.3 is 12.4 Å². The predicted molar refractivity (Wildman–Crippen MR) is 123 cm³/mol. The largest absolute Gasteiger partial charge is 0.417 e. The molecule has 0 fully saturated rings. The minimum Gasteiger partial charge on any atom is -0.357 e. The Labute approximate surface area is 210 Å². The molecule has 2 amide bonds. The van der Waals surface area contributed by atoms with Crippen LogP contribution >= 0.6 is 0 Å². The average Bonchev–Trinajstić information content (AvgIpc) is 3.00. The van der Waals surface area contributed by atoms with Gasteiger partial charge < -0.3 is 20.1 Å². The van der Waals surface area contributed by atoms with Crippen LogP contribution < -0.4 is 10.6 Å². The summed E-state index contributed by atoms with van der Waals surface area (Å²) >= 11 is 0. The third-order valence-corrected chi connectivity index (χ3v) is 6.17. The third-order valence-electron chi connectivity index (χ3n) is 6.17. The van der Waals surface area contributed by atoms with Gasteiger partial charge in [0, 0.05) is 25.7 Å². The molecule has 1 aliphatic heterocycles. The van der Waals surface area contributed by atoms with E-state index >= 15 is 0 Å². The van der Waals surface area contributed by atoms with E-state index < -0.39 is 52.3 Å². The average molecular weight is 534 g/mol. The van der Waals surface area contributed by atoms with Crippen molar-refractivity contribution < 1.29 is 35.9 Å². The number of likely N-dealkylation sites (N-methyl/N-ethyl adjacent to an activating group) is 1. The lowest BCUT2D eigenvalue weighted by molar-refractivity contribution is -0.142. The standard InChI is InChI=1S/C24H29F6N5O2/c1-22(2,3)18(21(37)31-4)33-20(36)17-16-12-34(5)9-6-10-35(16)19(32-17)14-8-7-13(23(25,26)27)11-15(14)24(28,29)30/h7-8,11,18H,6,9-10,12H2,1-5H3,(H,31,37)(H,33,36). The summed E-state index contributed by atoms with van der Waals surface area (Å²) in [5.74, 6) is -1.50. The van der Waals surface area contributed by atoms with Crippen molar-refractivity contribution in [2.45, 2.75) is 58.7 Å². The zero-order chi connectivity index (χ0) is 27.9. The molecule has 0 aliphatic carbocycles. The lowest BCUT2D eigenvalue weighted by Gasteiger charge is -2.29. The van der Waals surface area contributed by atoms with Gasteiger partial charge in [0.05, 0.1) is 16.8 Å². The van der Waals surface area contributed by atoms with Gasteiger partial charge in [-0.2, -0.15) is 26.3 Å². The number of hydrogen-bond acceptors (Lipinski definition) is 4. The first-order valence-corrected chi connectivity index (χ1v) is 11.5. The van der Waals surface area contributed by atoms with Gasteiger partial charge in [-0.15, -0.1) is 0 Å². The van der Waals surface area contributed by atoms with Crippen molar-refractivity contribution in [1.82, 2.24) is 25.1 Å². The third kappa shape index (κ3) is 6.08. The number of hydrogen-bond donors (Lipinski definition) is 2. The highest BCUT2D eigenvalue weighted by Crippen LogP contribution is 2.41. The molecule has 1 aromatic heterocycles. The van der Waals surface area contributed by atoms with Crippen LogP contribution in [0.1, 0.15) is 54.5 Å². The smallest absolute Gasteiger partial charge is 0.357 e. The maximum Gasteiger partial charge on any atom is 0.417 e. The topological polar surface area (TPSA) is 79.3 Å². The van der Waals surface area contributed by atoms with E-state index in [1.807, 2.05) is 4.90 Å². The molecule has 1 aliphatic rings. The summed E-state index contributed by atoms with van der Waals surface area (Å²) in [6.45, 7) is 6.14. The predicted octanol–water partition coefficient (Wildman–Crippen LogP) is 4.31. The summed E-state index contributed by atoms with van der Waals surface area (Å²) in [5.41, 5.74) is -4.09. The number of fused-ring (bicyclic) bond motifs is 1. The van der Waals surface area contributed by atoms with Crippen LogP contribution in [-0.2, 0) is 30.2 Å². The number of rotatable bonds is 4. The summed E-state index contributed by atoms with van der Waals surface area (Å²) in [6.07, 6.45) is -9.57. The second-order valence-electron chi connectivity index (χ2n) is 10.1.